The molecule has 0 radical (unpaired) electrons. The quantitative estimate of drug-likeness (QED) is 0.858. The molecule has 1 aliphatic carbocycles. The first-order chi connectivity index (χ1) is 8.88. The molecule has 0 aromatic heterocycles. The number of nitriles is 1. The first-order valence-electron chi connectivity index (χ1n) is 5.92. The minimum Gasteiger partial charge on any atom is -0.354 e. The Hall–Kier alpha value is -2.53. The van der Waals surface area contributed by atoms with Crippen LogP contribution in [0, 0.1) is 11.3 Å². The first-order valence-corrected chi connectivity index (χ1v) is 5.92. The van der Waals surface area contributed by atoms with Crippen molar-refractivity contribution in [3.8, 4) is 6.07 Å². The van der Waals surface area contributed by atoms with Crippen molar-refractivity contribution in [1.82, 2.24) is 0 Å². The maximum Gasteiger partial charge on any atom is 0.0972 e. The number of allylic oxidation sites excluding steroid dienone is 1. The Morgan fingerprint density at radius 2 is 1.67 bits per heavy atom. The van der Waals surface area contributed by atoms with E-state index in [0.717, 1.165) is 28.9 Å². The molecule has 86 valence electrons. The lowest BCUT2D eigenvalue weighted by atomic mass is 10.1. The number of hydrogen-bond acceptors (Lipinski definition) is 2. The van der Waals surface area contributed by atoms with Crippen LogP contribution in [0.5, 0.6) is 0 Å². The maximum atomic E-state index is 9.24. The van der Waals surface area contributed by atoms with Gasteiger partial charge in [0.1, 0.15) is 0 Å². The second kappa shape index (κ2) is 4.38. The van der Waals surface area contributed by atoms with Gasteiger partial charge in [-0.2, -0.15) is 5.26 Å². The van der Waals surface area contributed by atoms with Crippen molar-refractivity contribution in [1.29, 1.82) is 5.26 Å². The summed E-state index contributed by atoms with van der Waals surface area (Å²) in [5.74, 6) is 0. The monoisotopic (exact) mass is 232 g/mol. The van der Waals surface area contributed by atoms with E-state index in [0.29, 0.717) is 0 Å². The van der Waals surface area contributed by atoms with Crippen LogP contribution in [0.2, 0.25) is 0 Å². The topological polar surface area (TPSA) is 35.8 Å². The van der Waals surface area contributed by atoms with Crippen molar-refractivity contribution in [2.24, 2.45) is 0 Å². The highest BCUT2D eigenvalue weighted by molar-refractivity contribution is 5.86. The van der Waals surface area contributed by atoms with Crippen molar-refractivity contribution < 1.29 is 0 Å². The number of hydrogen-bond donors (Lipinski definition) is 1. The number of rotatable bonds is 2. The van der Waals surface area contributed by atoms with Crippen molar-refractivity contribution in [2.75, 3.05) is 5.32 Å². The zero-order valence-electron chi connectivity index (χ0n) is 9.85. The van der Waals surface area contributed by atoms with E-state index in [4.69, 9.17) is 0 Å². The summed E-state index contributed by atoms with van der Waals surface area (Å²) in [6.07, 6.45) is 0.724. The fourth-order valence-corrected chi connectivity index (χ4v) is 2.26. The molecule has 0 saturated heterocycles. The van der Waals surface area contributed by atoms with Crippen LogP contribution < -0.4 is 5.32 Å². The molecule has 0 spiro atoms. The second-order valence-electron chi connectivity index (χ2n) is 4.29. The van der Waals surface area contributed by atoms with Crippen LogP contribution in [0.4, 0.5) is 5.69 Å². The highest BCUT2D eigenvalue weighted by Crippen LogP contribution is 2.32. The summed E-state index contributed by atoms with van der Waals surface area (Å²) < 4.78 is 0. The number of nitrogens with zero attached hydrogens (tertiary/aromatic N) is 1. The molecule has 2 aromatic carbocycles. The number of fused-ring (bicyclic) bond motifs is 1. The zero-order chi connectivity index (χ0) is 12.4. The fourth-order valence-electron chi connectivity index (χ4n) is 2.26. The molecule has 0 aliphatic heterocycles. The third kappa shape index (κ3) is 1.76. The Morgan fingerprint density at radius 3 is 2.44 bits per heavy atom. The summed E-state index contributed by atoms with van der Waals surface area (Å²) >= 11 is 0. The standard InChI is InChI=1S/C16H12N2/c17-11-13-10-12-6-4-5-9-15(12)16(13)18-14-7-2-1-3-8-14/h1-9,18H,10H2. The van der Waals surface area contributed by atoms with Gasteiger partial charge in [-0.05, 0) is 17.7 Å². The minimum atomic E-state index is 0.724. The SMILES string of the molecule is N#CC1=C(Nc2ccccc2)c2ccccc2C1. The van der Waals surface area contributed by atoms with Crippen molar-refractivity contribution >= 4 is 11.4 Å². The Kier molecular flexibility index (Phi) is 2.59. The van der Waals surface area contributed by atoms with Gasteiger partial charge in [0.25, 0.3) is 0 Å². The predicted octanol–water partition coefficient (Wildman–Crippen LogP) is 3.59. The summed E-state index contributed by atoms with van der Waals surface area (Å²) in [5.41, 5.74) is 5.11. The number of benzene rings is 2. The van der Waals surface area contributed by atoms with Gasteiger partial charge in [-0.1, -0.05) is 42.5 Å². The van der Waals surface area contributed by atoms with E-state index in [2.05, 4.69) is 23.5 Å². The largest absolute Gasteiger partial charge is 0.354 e. The fraction of sp³-hybridized carbons (Fsp3) is 0.0625. The summed E-state index contributed by atoms with van der Waals surface area (Å²) in [7, 11) is 0. The number of nitrogens with one attached hydrogen (secondary N) is 1. The summed E-state index contributed by atoms with van der Waals surface area (Å²) in [6.45, 7) is 0. The van der Waals surface area contributed by atoms with Crippen LogP contribution >= 0.6 is 0 Å². The molecule has 0 amide bonds. The summed E-state index contributed by atoms with van der Waals surface area (Å²) in [4.78, 5) is 0. The average molecular weight is 232 g/mol. The van der Waals surface area contributed by atoms with Crippen molar-refractivity contribution in [2.45, 2.75) is 6.42 Å². The Morgan fingerprint density at radius 1 is 0.944 bits per heavy atom. The van der Waals surface area contributed by atoms with Crippen LogP contribution in [0.15, 0.2) is 60.2 Å². The smallest absolute Gasteiger partial charge is 0.0972 e. The van der Waals surface area contributed by atoms with Crippen LogP contribution in [-0.4, -0.2) is 0 Å². The molecule has 0 bridgehead atoms. The van der Waals surface area contributed by atoms with E-state index in [-0.39, 0.29) is 0 Å². The van der Waals surface area contributed by atoms with Crippen molar-refractivity contribution in [3.05, 3.63) is 71.3 Å². The molecule has 2 heteroatoms. The van der Waals surface area contributed by atoms with Crippen LogP contribution in [-0.2, 0) is 6.42 Å². The molecule has 0 heterocycles. The molecular weight excluding hydrogens is 220 g/mol. The van der Waals surface area contributed by atoms with E-state index in [1.54, 1.807) is 0 Å². The van der Waals surface area contributed by atoms with E-state index < -0.39 is 0 Å². The van der Waals surface area contributed by atoms with E-state index >= 15 is 0 Å². The van der Waals surface area contributed by atoms with Gasteiger partial charge in [0.05, 0.1) is 17.3 Å². The molecule has 0 atom stereocenters. The predicted molar refractivity (Wildman–Crippen MR) is 72.7 cm³/mol. The Balaban J connectivity index is 2.02. The number of para-hydroxylation sites is 1. The van der Waals surface area contributed by atoms with Crippen LogP contribution in [0.1, 0.15) is 11.1 Å². The van der Waals surface area contributed by atoms with Crippen molar-refractivity contribution in [3.63, 3.8) is 0 Å². The third-order valence-electron chi connectivity index (χ3n) is 3.13. The summed E-state index contributed by atoms with van der Waals surface area (Å²) in [5, 5.41) is 12.6. The molecular formula is C16H12N2. The van der Waals surface area contributed by atoms with Gasteiger partial charge < -0.3 is 5.32 Å². The Bertz CT molecular complexity index is 648. The van der Waals surface area contributed by atoms with Gasteiger partial charge in [-0.3, -0.25) is 0 Å². The molecule has 1 aliphatic rings. The minimum absolute atomic E-state index is 0.724. The lowest BCUT2D eigenvalue weighted by Crippen LogP contribution is -1.98. The van der Waals surface area contributed by atoms with E-state index in [9.17, 15) is 5.26 Å². The lowest BCUT2D eigenvalue weighted by Gasteiger charge is -2.09. The van der Waals surface area contributed by atoms with Gasteiger partial charge in [0.15, 0.2) is 0 Å². The van der Waals surface area contributed by atoms with E-state index in [1.807, 2.05) is 42.5 Å². The third-order valence-corrected chi connectivity index (χ3v) is 3.13. The number of anilines is 1. The average Bonchev–Trinajstić information content (AvgIpc) is 2.78. The molecule has 1 N–H and O–H groups in total. The highest BCUT2D eigenvalue weighted by atomic mass is 14.9. The van der Waals surface area contributed by atoms with Gasteiger partial charge in [0, 0.05) is 17.7 Å². The maximum absolute atomic E-state index is 9.24. The van der Waals surface area contributed by atoms with Crippen LogP contribution in [0.25, 0.3) is 5.70 Å². The second-order valence-corrected chi connectivity index (χ2v) is 4.29. The molecule has 2 aromatic rings. The van der Waals surface area contributed by atoms with Gasteiger partial charge in [0.2, 0.25) is 0 Å². The first kappa shape index (κ1) is 10.6. The van der Waals surface area contributed by atoms with Gasteiger partial charge in [-0.15, -0.1) is 0 Å². The normalized spacial score (nSPS) is 13.1. The molecule has 2 nitrogen and oxygen atoms in total. The zero-order valence-corrected chi connectivity index (χ0v) is 9.85. The van der Waals surface area contributed by atoms with Gasteiger partial charge >= 0.3 is 0 Å². The lowest BCUT2D eigenvalue weighted by molar-refractivity contribution is 1.24. The molecule has 0 unspecified atom stereocenters. The Labute approximate surface area is 106 Å². The van der Waals surface area contributed by atoms with Crippen LogP contribution in [0.3, 0.4) is 0 Å². The molecule has 0 fully saturated rings. The summed E-state index contributed by atoms with van der Waals surface area (Å²) in [6, 6.07) is 20.4. The molecule has 18 heavy (non-hydrogen) atoms. The molecule has 0 saturated carbocycles. The molecule has 3 rings (SSSR count). The highest BCUT2D eigenvalue weighted by Gasteiger charge is 2.20. The van der Waals surface area contributed by atoms with E-state index in [1.165, 1.54) is 5.56 Å². The van der Waals surface area contributed by atoms with Gasteiger partial charge in [-0.25, -0.2) is 0 Å².